The van der Waals surface area contributed by atoms with Crippen LogP contribution in [-0.2, 0) is 0 Å². The minimum atomic E-state index is -0.143. The Morgan fingerprint density at radius 2 is 2.00 bits per heavy atom. The normalized spacial score (nSPS) is 25.1. The second kappa shape index (κ2) is 4.69. The Kier molecular flexibility index (Phi) is 3.43. The summed E-state index contributed by atoms with van der Waals surface area (Å²) >= 11 is 6.01. The van der Waals surface area contributed by atoms with Crippen molar-refractivity contribution in [1.29, 1.82) is 0 Å². The van der Waals surface area contributed by atoms with Crippen LogP contribution in [0, 0.1) is 6.92 Å². The Labute approximate surface area is 106 Å². The molecule has 0 saturated carbocycles. The lowest BCUT2D eigenvalue weighted by molar-refractivity contribution is 0.0469. The smallest absolute Gasteiger partial charge is 0.294 e. The van der Waals surface area contributed by atoms with Gasteiger partial charge < -0.3 is 9.42 Å². The maximum Gasteiger partial charge on any atom is 0.294 e. The van der Waals surface area contributed by atoms with Gasteiger partial charge in [0.05, 0.1) is 5.69 Å². The molecule has 1 aromatic heterocycles. The van der Waals surface area contributed by atoms with Gasteiger partial charge in [0.2, 0.25) is 5.76 Å². The molecule has 1 aliphatic heterocycles. The van der Waals surface area contributed by atoms with Crippen LogP contribution < -0.4 is 0 Å². The van der Waals surface area contributed by atoms with Crippen molar-refractivity contribution in [3.63, 3.8) is 0 Å². The predicted octanol–water partition coefficient (Wildman–Crippen LogP) is 3.04. The average Bonchev–Trinajstić information content (AvgIpc) is 2.59. The summed E-state index contributed by atoms with van der Waals surface area (Å²) in [6.07, 6.45) is 3.22. The summed E-state index contributed by atoms with van der Waals surface area (Å²) in [7, 11) is 0. The number of halogens is 1. The molecule has 0 aromatic carbocycles. The van der Waals surface area contributed by atoms with E-state index >= 15 is 0 Å². The minimum absolute atomic E-state index is 0.143. The zero-order valence-corrected chi connectivity index (χ0v) is 11.1. The fourth-order valence-electron chi connectivity index (χ4n) is 2.43. The molecule has 1 saturated heterocycles. The second-order valence-corrected chi connectivity index (χ2v) is 5.13. The number of hydrogen-bond donors (Lipinski definition) is 0. The van der Waals surface area contributed by atoms with Gasteiger partial charge in [-0.05, 0) is 40.0 Å². The van der Waals surface area contributed by atoms with Crippen LogP contribution in [0.3, 0.4) is 0 Å². The predicted molar refractivity (Wildman–Crippen MR) is 65.2 cm³/mol. The summed E-state index contributed by atoms with van der Waals surface area (Å²) in [6.45, 7) is 5.85. The summed E-state index contributed by atoms with van der Waals surface area (Å²) in [6, 6.07) is 0.459. The van der Waals surface area contributed by atoms with Gasteiger partial charge in [-0.25, -0.2) is 0 Å². The van der Waals surface area contributed by atoms with E-state index in [4.69, 9.17) is 16.1 Å². The van der Waals surface area contributed by atoms with E-state index in [1.165, 1.54) is 0 Å². The molecule has 0 aliphatic carbocycles. The van der Waals surface area contributed by atoms with Gasteiger partial charge in [0.25, 0.3) is 5.91 Å². The highest BCUT2D eigenvalue weighted by atomic mass is 35.5. The quantitative estimate of drug-likeness (QED) is 0.776. The van der Waals surface area contributed by atoms with E-state index in [2.05, 4.69) is 19.0 Å². The molecule has 5 heteroatoms. The summed E-state index contributed by atoms with van der Waals surface area (Å²) < 4.78 is 5.03. The molecule has 4 nitrogen and oxygen atoms in total. The molecule has 2 atom stereocenters. The number of amides is 1. The van der Waals surface area contributed by atoms with Crippen LogP contribution in [0.5, 0.6) is 0 Å². The number of nitrogens with zero attached hydrogens (tertiary/aromatic N) is 2. The zero-order valence-electron chi connectivity index (χ0n) is 10.4. The van der Waals surface area contributed by atoms with Crippen molar-refractivity contribution in [3.8, 4) is 0 Å². The zero-order chi connectivity index (χ0) is 12.6. The largest absolute Gasteiger partial charge is 0.349 e. The van der Waals surface area contributed by atoms with Crippen LogP contribution in [0.1, 0.15) is 49.4 Å². The molecule has 17 heavy (non-hydrogen) atoms. The Morgan fingerprint density at radius 3 is 2.47 bits per heavy atom. The lowest BCUT2D eigenvalue weighted by Gasteiger charge is -2.38. The number of aryl methyl sites for hydroxylation is 1. The Morgan fingerprint density at radius 1 is 1.41 bits per heavy atom. The van der Waals surface area contributed by atoms with E-state index in [1.807, 2.05) is 4.90 Å². The van der Waals surface area contributed by atoms with Crippen molar-refractivity contribution in [1.82, 2.24) is 10.1 Å². The fraction of sp³-hybridized carbons (Fsp3) is 0.667. The third kappa shape index (κ3) is 2.18. The van der Waals surface area contributed by atoms with Gasteiger partial charge in [-0.1, -0.05) is 16.8 Å². The van der Waals surface area contributed by atoms with Gasteiger partial charge in [0.15, 0.2) is 0 Å². The third-order valence-electron chi connectivity index (χ3n) is 3.41. The molecule has 1 aliphatic rings. The maximum absolute atomic E-state index is 12.4. The van der Waals surface area contributed by atoms with Crippen LogP contribution in [0.4, 0.5) is 0 Å². The van der Waals surface area contributed by atoms with Gasteiger partial charge >= 0.3 is 0 Å². The van der Waals surface area contributed by atoms with Crippen molar-refractivity contribution in [2.24, 2.45) is 0 Å². The number of aromatic nitrogens is 1. The van der Waals surface area contributed by atoms with Gasteiger partial charge in [0, 0.05) is 12.1 Å². The van der Waals surface area contributed by atoms with Crippen LogP contribution in [0.15, 0.2) is 4.52 Å². The molecule has 1 fully saturated rings. The first-order valence-electron chi connectivity index (χ1n) is 5.96. The maximum atomic E-state index is 12.4. The van der Waals surface area contributed by atoms with Gasteiger partial charge in [0.1, 0.15) is 5.02 Å². The monoisotopic (exact) mass is 256 g/mol. The molecule has 1 aromatic rings. The Balaban J connectivity index is 2.27. The Bertz CT molecular complexity index is 420. The van der Waals surface area contributed by atoms with Crippen molar-refractivity contribution in [2.45, 2.75) is 52.1 Å². The van der Waals surface area contributed by atoms with Crippen LogP contribution in [0.2, 0.25) is 5.02 Å². The van der Waals surface area contributed by atoms with E-state index in [0.717, 1.165) is 19.3 Å². The van der Waals surface area contributed by atoms with Crippen LogP contribution in [0.25, 0.3) is 0 Å². The molecule has 1 amide bonds. The molecule has 0 N–H and O–H groups in total. The summed E-state index contributed by atoms with van der Waals surface area (Å²) in [5.74, 6) is 0.0278. The molecule has 2 heterocycles. The molecule has 0 unspecified atom stereocenters. The SMILES string of the molecule is Cc1noc(C(=O)N2[C@@H](C)CCC[C@@H]2C)c1Cl. The summed E-state index contributed by atoms with van der Waals surface area (Å²) in [4.78, 5) is 14.2. The average molecular weight is 257 g/mol. The first kappa shape index (κ1) is 12.4. The number of carbonyl (C=O) groups is 1. The van der Waals surface area contributed by atoms with Crippen molar-refractivity contribution in [2.75, 3.05) is 0 Å². The molecular formula is C12H17ClN2O2. The number of rotatable bonds is 1. The van der Waals surface area contributed by atoms with Crippen molar-refractivity contribution < 1.29 is 9.32 Å². The molecule has 0 bridgehead atoms. The highest BCUT2D eigenvalue weighted by molar-refractivity contribution is 6.33. The van der Waals surface area contributed by atoms with Gasteiger partial charge in [-0.3, -0.25) is 4.79 Å². The molecule has 0 spiro atoms. The number of likely N-dealkylation sites (tertiary alicyclic amines) is 1. The fourth-order valence-corrected chi connectivity index (χ4v) is 2.58. The molecular weight excluding hydrogens is 240 g/mol. The van der Waals surface area contributed by atoms with E-state index in [0.29, 0.717) is 10.7 Å². The standard InChI is InChI=1S/C12H17ClN2O2/c1-7-5-4-6-8(2)15(7)12(16)11-10(13)9(3)14-17-11/h7-8H,4-6H2,1-3H3/t7-,8-/m0/s1. The van der Waals surface area contributed by atoms with E-state index in [-0.39, 0.29) is 23.8 Å². The van der Waals surface area contributed by atoms with Crippen molar-refractivity contribution >= 4 is 17.5 Å². The number of piperidine rings is 1. The summed E-state index contributed by atoms with van der Waals surface area (Å²) in [5, 5.41) is 4.06. The molecule has 2 rings (SSSR count). The van der Waals surface area contributed by atoms with Gasteiger partial charge in [-0.2, -0.15) is 0 Å². The molecule has 0 radical (unpaired) electrons. The first-order chi connectivity index (χ1) is 8.02. The van der Waals surface area contributed by atoms with Crippen LogP contribution in [-0.4, -0.2) is 28.0 Å². The van der Waals surface area contributed by atoms with E-state index < -0.39 is 0 Å². The van der Waals surface area contributed by atoms with Crippen molar-refractivity contribution in [3.05, 3.63) is 16.5 Å². The lowest BCUT2D eigenvalue weighted by atomic mass is 9.97. The van der Waals surface area contributed by atoms with E-state index in [9.17, 15) is 4.79 Å². The minimum Gasteiger partial charge on any atom is -0.349 e. The topological polar surface area (TPSA) is 46.3 Å². The molecule has 94 valence electrons. The first-order valence-corrected chi connectivity index (χ1v) is 6.34. The number of carbonyl (C=O) groups excluding carboxylic acids is 1. The highest BCUT2D eigenvalue weighted by Crippen LogP contribution is 2.28. The number of hydrogen-bond acceptors (Lipinski definition) is 3. The van der Waals surface area contributed by atoms with Crippen LogP contribution >= 0.6 is 11.6 Å². The summed E-state index contributed by atoms with van der Waals surface area (Å²) in [5.41, 5.74) is 0.562. The Hall–Kier alpha value is -1.03. The second-order valence-electron chi connectivity index (χ2n) is 4.75. The highest BCUT2D eigenvalue weighted by Gasteiger charge is 2.33. The lowest BCUT2D eigenvalue weighted by Crippen LogP contribution is -2.47. The van der Waals surface area contributed by atoms with Gasteiger partial charge in [-0.15, -0.1) is 0 Å². The van der Waals surface area contributed by atoms with E-state index in [1.54, 1.807) is 6.92 Å². The third-order valence-corrected chi connectivity index (χ3v) is 3.86.